The minimum absolute atomic E-state index is 0. The number of nitrogens with zero attached hydrogens (tertiary/aromatic N) is 4. The number of pyridine rings is 1. The van der Waals surface area contributed by atoms with Gasteiger partial charge >= 0.3 is 238 Å². The predicted octanol–water partition coefficient (Wildman–Crippen LogP) is 7.46. The number of nitrogens with one attached hydrogen (secondary N) is 5. The van der Waals surface area contributed by atoms with Gasteiger partial charge in [-0.05, 0) is 40.6 Å². The summed E-state index contributed by atoms with van der Waals surface area (Å²) in [5.41, 5.74) is 29.7. The van der Waals surface area contributed by atoms with Crippen LogP contribution in [0.1, 0.15) is 129 Å². The van der Waals surface area contributed by atoms with Crippen molar-refractivity contribution in [1.29, 1.82) is 0 Å². The van der Waals surface area contributed by atoms with Gasteiger partial charge in [-0.1, -0.05) is 111 Å². The molecule has 3 aliphatic carbocycles. The number of carbonyl (C=O) groups excluding carboxylic acids is 2. The van der Waals surface area contributed by atoms with Gasteiger partial charge in [0.05, 0.1) is 39.0 Å². The number of rotatable bonds is 22. The Kier molecular flexibility index (Phi) is 128. The molecule has 3 aromatic rings. The van der Waals surface area contributed by atoms with Crippen LogP contribution in [0.5, 0.6) is 0 Å². The second kappa shape index (κ2) is 104. The smallest absolute Gasteiger partial charge is 0.693 e. The van der Waals surface area contributed by atoms with E-state index in [0.717, 1.165) is 57.1 Å². The second-order valence-corrected chi connectivity index (χ2v) is 29.7. The normalized spacial score (nSPS) is 14.4. The van der Waals surface area contributed by atoms with Gasteiger partial charge in [0.15, 0.2) is 0 Å². The molecule has 6 atom stereocenters. The van der Waals surface area contributed by atoms with Crippen LogP contribution in [-0.2, 0) is 182 Å². The third kappa shape index (κ3) is 132. The number of sulfone groups is 1. The molecule has 56 heteroatoms. The van der Waals surface area contributed by atoms with Crippen LogP contribution in [0.4, 0.5) is 0 Å². The molecule has 0 radical (unpaired) electrons. The van der Waals surface area contributed by atoms with Crippen LogP contribution >= 0.6 is 40.4 Å². The molecule has 1 aromatic carbocycles. The van der Waals surface area contributed by atoms with Crippen LogP contribution in [0.3, 0.4) is 0 Å². The van der Waals surface area contributed by atoms with Crippen molar-refractivity contribution in [2.24, 2.45) is 22.7 Å². The topological polar surface area (TPSA) is 847 Å². The van der Waals surface area contributed by atoms with Crippen molar-refractivity contribution in [3.8, 4) is 11.5 Å². The summed E-state index contributed by atoms with van der Waals surface area (Å²) in [7, 11) is 10.9. The Labute approximate surface area is 837 Å². The van der Waals surface area contributed by atoms with E-state index in [1.807, 2.05) is 18.2 Å². The first-order valence-corrected chi connectivity index (χ1v) is 43.0. The fraction of sp³-hybridized carbons (Fsp3) is 0.522. The number of carbonyl (C=O) groups is 15. The van der Waals surface area contributed by atoms with E-state index < -0.39 is 115 Å². The third-order valence-corrected chi connectivity index (χ3v) is 15.0. The minimum Gasteiger partial charge on any atom is -0.693 e. The largest absolute Gasteiger partial charge is 2.00 e. The SMILES string of the molecule is CC(=O)O.CC(=O)O.CC(=O)O.COCCOCC(=O)O.CS(=O)(=O)c1nnc(-c2ccc(CC(=O)O)cc2)o1.O=C(O)C(=O)O.O=C(O)C(=O)O.O=C(O)C(=O)O.O=C(O)CCC(=O)NCCSSc1ccccn1.O=C=NCCC(=O)O.[CH2-][C@@H]1CCCC[C@H]1[NH-].[CH2-][C@@H]1CCCC[C@H]1[NH-].[CH2-][C@@H]1CCCC[C@H]1[NH-].[Cl][Pt+2][Cl].[Cs+].[NH-]CCC(=O)O.[NH2-].[NH2-].[Pt+2].[Pt+2].[Pt+2]. The molecule has 2 aromatic heterocycles. The molecule has 0 aliphatic heterocycles. The first kappa shape index (κ1) is 152. The molecule has 3 aliphatic rings. The van der Waals surface area contributed by atoms with E-state index in [4.69, 9.17) is 161 Å². The van der Waals surface area contributed by atoms with Crippen LogP contribution in [0.15, 0.2) is 68.3 Å². The number of nitrogens with two attached hydrogens (primary N) is 2. The summed E-state index contributed by atoms with van der Waals surface area (Å²) in [6.07, 6.45) is 18.0. The van der Waals surface area contributed by atoms with Crippen molar-refractivity contribution in [2.45, 2.75) is 158 Å². The Balaban J connectivity index is -0.0000000803. The summed E-state index contributed by atoms with van der Waals surface area (Å²) in [4.78, 5) is 159. The fourth-order valence-corrected chi connectivity index (χ4v) is 8.89. The number of methoxy groups -OCH3 is 1. The van der Waals surface area contributed by atoms with E-state index in [-0.39, 0.29) is 226 Å². The number of amides is 1. The maximum atomic E-state index is 11.2. The number of hydrogen-bond donors (Lipinski definition) is 15. The number of aliphatic carboxylic acids is 14. The van der Waals surface area contributed by atoms with E-state index in [9.17, 15) is 42.0 Å². The van der Waals surface area contributed by atoms with Gasteiger partial charge in [-0.25, -0.2) is 56.8 Å². The van der Waals surface area contributed by atoms with Crippen molar-refractivity contribution in [1.82, 2.24) is 20.5 Å². The minimum atomic E-state index is -3.53. The quantitative estimate of drug-likeness (QED) is 0.0116. The summed E-state index contributed by atoms with van der Waals surface area (Å²) in [6, 6.07) is 12.5. The Morgan fingerprint density at radius 3 is 1.20 bits per heavy atom. The monoisotopic (exact) mass is 2700 g/mol. The number of carboxylic acids is 14. The number of aliphatic imine (C=N–C) groups is 1. The average Bonchev–Trinajstić information content (AvgIpc) is 1.69. The Morgan fingerprint density at radius 1 is 0.577 bits per heavy atom. The van der Waals surface area contributed by atoms with Crippen LogP contribution < -0.4 is 74.2 Å². The number of benzene rings is 1. The van der Waals surface area contributed by atoms with Crippen LogP contribution in [0.25, 0.3) is 46.7 Å². The maximum absolute atomic E-state index is 11.2. The van der Waals surface area contributed by atoms with E-state index in [0.29, 0.717) is 48.6 Å². The zero-order valence-corrected chi connectivity index (χ0v) is 86.5. The number of aromatic nitrogens is 3. The molecule has 2 heterocycles. The van der Waals surface area contributed by atoms with Crippen molar-refractivity contribution < 1.29 is 319 Å². The Morgan fingerprint density at radius 2 is 0.943 bits per heavy atom. The fourth-order valence-electron chi connectivity index (χ4n) is 6.68. The summed E-state index contributed by atoms with van der Waals surface area (Å²) in [5.74, 6) is -16.3. The Hall–Kier alpha value is -5.34. The predicted molar refractivity (Wildman–Crippen MR) is 428 cm³/mol. The molecule has 0 spiro atoms. The summed E-state index contributed by atoms with van der Waals surface area (Å²) < 4.78 is 36.6. The van der Waals surface area contributed by atoms with Gasteiger partial charge in [0, 0.05) is 71.0 Å². The molecule has 23 N–H and O–H groups in total. The van der Waals surface area contributed by atoms with Crippen molar-refractivity contribution >= 4 is 146 Å². The second-order valence-electron chi connectivity index (χ2n) is 22.1. The number of ether oxygens (including phenoxy) is 2. The van der Waals surface area contributed by atoms with Crippen LogP contribution in [0.2, 0.25) is 0 Å². The molecular formula is C67H106Cl2CsN11O35Pt4S3. The number of isocyanates is 1. The molecule has 3 saturated carbocycles. The summed E-state index contributed by atoms with van der Waals surface area (Å²) in [5, 5.41) is 118. The number of hydrogen-bond acceptors (Lipinski definition) is 27. The molecule has 123 heavy (non-hydrogen) atoms. The van der Waals surface area contributed by atoms with Crippen LogP contribution in [0, 0.1) is 38.5 Å². The molecular weight excluding hydrogens is 2600 g/mol. The van der Waals surface area contributed by atoms with Gasteiger partial charge in [0.1, 0.15) is 11.6 Å². The zero-order chi connectivity index (χ0) is 92.6. The van der Waals surface area contributed by atoms with Gasteiger partial charge < -0.3 is 147 Å². The van der Waals surface area contributed by atoms with Gasteiger partial charge in [0.2, 0.25) is 27.7 Å². The molecule has 46 nitrogen and oxygen atoms in total. The van der Waals surface area contributed by atoms with Crippen molar-refractivity contribution in [3.05, 3.63) is 110 Å². The van der Waals surface area contributed by atoms with E-state index in [1.165, 1.54) is 71.0 Å². The standard InChI is InChI=1S/C11H10N2O5S.C11H14N2O3S2.3C7H13N.C5H10O4.C4H5NO3.C3H6NO2.3C2H2O4.3C2H4O2.2ClH.Cs.2H2N.4Pt/c1-19(16,17)11-13-12-10(18-11)8-4-2-7(3-5-8)6-9(14)15;14-9(4-5-11(15)16)12-7-8-17-18-10-3-1-2-6-13-10;3*1-6-4-2-3-5-7(6)8;1-8-2-3-9-4-5(6)7;6-3-5-2-1-4(7)8;4-2-1-3(5)6;3*3-1(4)2(5)6;3*1-2(3)4;;;;;;;;;/h2-5H,6H2,1H3,(H,14,15);1-3,6H,4-5,7-8H2,(H,12,14)(H,15,16);3*6-8H,1-5H2;2-4H2,1H3,(H,6,7);1-2H2,(H,7,8);4H,1-2H2,(H,5,6);3*(H,3,4)(H,5,6);3*1H3,(H,3,4);2*1H;;2*1H2;;;;/q;;3*-2;;;-1;;;;;;;;;+1;2*-1;3*+2;+4/p-2/t;;3*6-,7-;;;;;;;;;;;;;;;;;;/m..111................../s1. The molecule has 1 amide bonds. The molecule has 0 bridgehead atoms. The van der Waals surface area contributed by atoms with E-state index in [1.54, 1.807) is 52.1 Å². The van der Waals surface area contributed by atoms with Gasteiger partial charge in [0.25, 0.3) is 17.9 Å². The van der Waals surface area contributed by atoms with Crippen molar-refractivity contribution in [2.75, 3.05) is 58.6 Å². The number of halogens is 2. The molecule has 6 rings (SSSR count). The maximum Gasteiger partial charge on any atom is 2.00 e. The van der Waals surface area contributed by atoms with E-state index in [2.05, 4.69) is 55.7 Å². The summed E-state index contributed by atoms with van der Waals surface area (Å²) in [6.45, 7) is 16.0. The first-order valence-electron chi connectivity index (χ1n) is 33.2. The first-order chi connectivity index (χ1) is 54.3. The van der Waals surface area contributed by atoms with Crippen LogP contribution in [-0.4, -0.2) is 267 Å². The average molecular weight is 2710 g/mol. The molecule has 0 unspecified atom stereocenters. The van der Waals surface area contributed by atoms with E-state index >= 15 is 0 Å². The summed E-state index contributed by atoms with van der Waals surface area (Å²) >= 11 is -0.472. The Bertz CT molecular complexity index is 3270. The molecule has 3 fully saturated rings. The van der Waals surface area contributed by atoms with Gasteiger partial charge in [-0.3, -0.25) is 38.4 Å². The molecule has 712 valence electrons. The van der Waals surface area contributed by atoms with Gasteiger partial charge in [-0.2, -0.15) is 35.9 Å². The zero-order valence-electron chi connectivity index (χ0n) is 67.2. The molecule has 0 saturated heterocycles. The number of carboxylic acid groups (broad SMARTS) is 14. The van der Waals surface area contributed by atoms with Crippen molar-refractivity contribution in [3.63, 3.8) is 0 Å². The van der Waals surface area contributed by atoms with Gasteiger partial charge in [-0.15, -0.1) is 11.6 Å². The third-order valence-electron chi connectivity index (χ3n) is 11.9.